The maximum Gasteiger partial charge on any atom is 0.121 e. The molecule has 0 aliphatic heterocycles. The lowest BCUT2D eigenvalue weighted by molar-refractivity contribution is 0.377. The van der Waals surface area contributed by atoms with Crippen LogP contribution in [0, 0.1) is 5.41 Å². The summed E-state index contributed by atoms with van der Waals surface area (Å²) in [4.78, 5) is 0. The van der Waals surface area contributed by atoms with Gasteiger partial charge in [-0.15, -0.1) is 0 Å². The molecular formula is C13H22N2O. The molecule has 16 heavy (non-hydrogen) atoms. The minimum atomic E-state index is 0.273. The molecule has 0 spiro atoms. The zero-order chi connectivity index (χ0) is 12.2. The summed E-state index contributed by atoms with van der Waals surface area (Å²) in [5, 5.41) is 3.37. The van der Waals surface area contributed by atoms with Gasteiger partial charge in [-0.05, 0) is 24.0 Å². The van der Waals surface area contributed by atoms with Gasteiger partial charge < -0.3 is 15.8 Å². The van der Waals surface area contributed by atoms with Gasteiger partial charge in [0, 0.05) is 12.6 Å². The van der Waals surface area contributed by atoms with Crippen molar-refractivity contribution in [3.05, 3.63) is 18.2 Å². The van der Waals surface area contributed by atoms with Crippen molar-refractivity contribution >= 4 is 11.4 Å². The first kappa shape index (κ1) is 12.7. The summed E-state index contributed by atoms with van der Waals surface area (Å²) < 4.78 is 5.17. The molecular weight excluding hydrogens is 200 g/mol. The highest BCUT2D eigenvalue weighted by Gasteiger charge is 2.15. The molecule has 1 aromatic carbocycles. The van der Waals surface area contributed by atoms with E-state index in [1.807, 2.05) is 18.2 Å². The van der Waals surface area contributed by atoms with Crippen molar-refractivity contribution in [3.8, 4) is 5.75 Å². The van der Waals surface area contributed by atoms with Crippen LogP contribution in [0.1, 0.15) is 27.2 Å². The lowest BCUT2D eigenvalue weighted by atomic mass is 9.90. The van der Waals surface area contributed by atoms with Crippen LogP contribution < -0.4 is 15.8 Å². The fourth-order valence-electron chi connectivity index (χ4n) is 1.27. The molecule has 0 aromatic heterocycles. The minimum Gasteiger partial charge on any atom is -0.497 e. The van der Waals surface area contributed by atoms with Gasteiger partial charge in [-0.2, -0.15) is 0 Å². The predicted octanol–water partition coefficient (Wildman–Crippen LogP) is 3.13. The second kappa shape index (κ2) is 5.10. The Bertz CT molecular complexity index is 348. The lowest BCUT2D eigenvalue weighted by Crippen LogP contribution is -2.22. The molecule has 0 aliphatic rings. The van der Waals surface area contributed by atoms with Crippen molar-refractivity contribution in [2.24, 2.45) is 5.41 Å². The first-order chi connectivity index (χ1) is 7.48. The summed E-state index contributed by atoms with van der Waals surface area (Å²) in [6, 6.07) is 5.66. The number of hydrogen-bond donors (Lipinski definition) is 2. The van der Waals surface area contributed by atoms with Gasteiger partial charge >= 0.3 is 0 Å². The van der Waals surface area contributed by atoms with Gasteiger partial charge in [0.2, 0.25) is 0 Å². The molecule has 0 fully saturated rings. The Balaban J connectivity index is 2.73. The number of benzene rings is 1. The maximum absolute atomic E-state index is 5.90. The fraction of sp³-hybridized carbons (Fsp3) is 0.538. The maximum atomic E-state index is 5.90. The van der Waals surface area contributed by atoms with Crippen molar-refractivity contribution in [2.45, 2.75) is 27.2 Å². The number of nitrogens with one attached hydrogen (secondary N) is 1. The summed E-state index contributed by atoms with van der Waals surface area (Å²) in [6.45, 7) is 7.56. The van der Waals surface area contributed by atoms with Gasteiger partial charge in [-0.3, -0.25) is 0 Å². The Morgan fingerprint density at radius 3 is 2.62 bits per heavy atom. The molecule has 3 N–H and O–H groups in total. The van der Waals surface area contributed by atoms with Crippen molar-refractivity contribution < 1.29 is 4.74 Å². The fourth-order valence-corrected chi connectivity index (χ4v) is 1.27. The number of methoxy groups -OCH3 is 1. The van der Waals surface area contributed by atoms with Gasteiger partial charge in [0.1, 0.15) is 5.75 Å². The Morgan fingerprint density at radius 1 is 1.38 bits per heavy atom. The van der Waals surface area contributed by atoms with Crippen molar-refractivity contribution in [2.75, 3.05) is 24.7 Å². The van der Waals surface area contributed by atoms with Gasteiger partial charge in [0.15, 0.2) is 0 Å². The third kappa shape index (κ3) is 3.33. The number of rotatable bonds is 5. The van der Waals surface area contributed by atoms with Crippen LogP contribution in [0.5, 0.6) is 5.75 Å². The summed E-state index contributed by atoms with van der Waals surface area (Å²) >= 11 is 0. The number of ether oxygens (including phenoxy) is 1. The van der Waals surface area contributed by atoms with Gasteiger partial charge in [0.25, 0.3) is 0 Å². The van der Waals surface area contributed by atoms with E-state index < -0.39 is 0 Å². The van der Waals surface area contributed by atoms with Crippen LogP contribution in [-0.4, -0.2) is 13.7 Å². The molecule has 0 radical (unpaired) electrons. The molecule has 0 amide bonds. The van der Waals surface area contributed by atoms with Crippen LogP contribution in [0.3, 0.4) is 0 Å². The van der Waals surface area contributed by atoms with E-state index in [0.717, 1.165) is 30.1 Å². The Hall–Kier alpha value is -1.38. The third-order valence-corrected chi connectivity index (χ3v) is 2.97. The lowest BCUT2D eigenvalue weighted by Gasteiger charge is -2.24. The summed E-state index contributed by atoms with van der Waals surface area (Å²) in [6.07, 6.45) is 1.13. The summed E-state index contributed by atoms with van der Waals surface area (Å²) in [5.74, 6) is 0.825. The highest BCUT2D eigenvalue weighted by molar-refractivity contribution is 5.68. The van der Waals surface area contributed by atoms with E-state index >= 15 is 0 Å². The largest absolute Gasteiger partial charge is 0.497 e. The average molecular weight is 222 g/mol. The third-order valence-electron chi connectivity index (χ3n) is 2.97. The number of nitrogen functional groups attached to an aromatic ring is 1. The van der Waals surface area contributed by atoms with E-state index in [2.05, 4.69) is 26.1 Å². The van der Waals surface area contributed by atoms with Crippen molar-refractivity contribution in [1.29, 1.82) is 0 Å². The summed E-state index contributed by atoms with van der Waals surface area (Å²) in [7, 11) is 1.66. The van der Waals surface area contributed by atoms with E-state index in [4.69, 9.17) is 10.5 Å². The standard InChI is InChI=1S/C13H22N2O/c1-5-13(2,3)9-15-12-8-10(16-4)6-7-11(12)14/h6-8,15H,5,9,14H2,1-4H3. The SMILES string of the molecule is CCC(C)(C)CNc1cc(OC)ccc1N. The molecule has 1 aromatic rings. The number of anilines is 2. The Kier molecular flexibility index (Phi) is 4.05. The second-order valence-electron chi connectivity index (χ2n) is 4.82. The van der Waals surface area contributed by atoms with Crippen molar-refractivity contribution in [3.63, 3.8) is 0 Å². The molecule has 0 aliphatic carbocycles. The second-order valence-corrected chi connectivity index (χ2v) is 4.82. The molecule has 0 atom stereocenters. The highest BCUT2D eigenvalue weighted by atomic mass is 16.5. The molecule has 1 rings (SSSR count). The average Bonchev–Trinajstić information content (AvgIpc) is 2.28. The first-order valence-electron chi connectivity index (χ1n) is 5.66. The van der Waals surface area contributed by atoms with E-state index in [0.29, 0.717) is 0 Å². The molecule has 0 bridgehead atoms. The number of hydrogen-bond acceptors (Lipinski definition) is 3. The molecule has 0 unspecified atom stereocenters. The number of nitrogens with two attached hydrogens (primary N) is 1. The molecule has 90 valence electrons. The van der Waals surface area contributed by atoms with E-state index in [1.165, 1.54) is 0 Å². The van der Waals surface area contributed by atoms with E-state index in [1.54, 1.807) is 7.11 Å². The zero-order valence-electron chi connectivity index (χ0n) is 10.6. The molecule has 3 heteroatoms. The monoisotopic (exact) mass is 222 g/mol. The smallest absolute Gasteiger partial charge is 0.121 e. The molecule has 0 saturated carbocycles. The van der Waals surface area contributed by atoms with E-state index in [-0.39, 0.29) is 5.41 Å². The van der Waals surface area contributed by atoms with Crippen LogP contribution >= 0.6 is 0 Å². The normalized spacial score (nSPS) is 11.2. The topological polar surface area (TPSA) is 47.3 Å². The van der Waals surface area contributed by atoms with Gasteiger partial charge in [0.05, 0.1) is 18.5 Å². The first-order valence-corrected chi connectivity index (χ1v) is 5.66. The predicted molar refractivity (Wildman–Crippen MR) is 70.0 cm³/mol. The van der Waals surface area contributed by atoms with Crippen LogP contribution in [0.25, 0.3) is 0 Å². The highest BCUT2D eigenvalue weighted by Crippen LogP contribution is 2.27. The van der Waals surface area contributed by atoms with Crippen LogP contribution in [0.2, 0.25) is 0 Å². The Morgan fingerprint density at radius 2 is 2.06 bits per heavy atom. The Labute approximate surface area is 98.0 Å². The summed E-state index contributed by atoms with van der Waals surface area (Å²) in [5.41, 5.74) is 7.87. The molecule has 0 saturated heterocycles. The molecule has 0 heterocycles. The van der Waals surface area contributed by atoms with Gasteiger partial charge in [-0.25, -0.2) is 0 Å². The van der Waals surface area contributed by atoms with Crippen LogP contribution in [-0.2, 0) is 0 Å². The quantitative estimate of drug-likeness (QED) is 0.752. The van der Waals surface area contributed by atoms with Gasteiger partial charge in [-0.1, -0.05) is 20.8 Å². The van der Waals surface area contributed by atoms with Crippen LogP contribution in [0.4, 0.5) is 11.4 Å². The van der Waals surface area contributed by atoms with Crippen molar-refractivity contribution in [1.82, 2.24) is 0 Å². The minimum absolute atomic E-state index is 0.273. The van der Waals surface area contributed by atoms with Crippen LogP contribution in [0.15, 0.2) is 18.2 Å². The zero-order valence-corrected chi connectivity index (χ0v) is 10.6. The molecule has 3 nitrogen and oxygen atoms in total. The van der Waals surface area contributed by atoms with E-state index in [9.17, 15) is 0 Å².